The molecule has 1 aliphatic carbocycles. The van der Waals surface area contributed by atoms with E-state index in [9.17, 15) is 13.2 Å². The van der Waals surface area contributed by atoms with E-state index in [0.29, 0.717) is 0 Å². The lowest BCUT2D eigenvalue weighted by molar-refractivity contribution is -0.164. The van der Waals surface area contributed by atoms with Crippen LogP contribution in [-0.4, -0.2) is 18.8 Å². The summed E-state index contributed by atoms with van der Waals surface area (Å²) in [6.07, 6.45) is -3.60. The van der Waals surface area contributed by atoms with Gasteiger partial charge in [-0.2, -0.15) is 13.2 Å². The summed E-state index contributed by atoms with van der Waals surface area (Å²) in [5, 5.41) is 2.27. The Bertz CT molecular complexity index is 119. The van der Waals surface area contributed by atoms with Crippen LogP contribution in [0.25, 0.3) is 0 Å². The van der Waals surface area contributed by atoms with E-state index in [1.807, 2.05) is 0 Å². The van der Waals surface area contributed by atoms with Gasteiger partial charge in [0.1, 0.15) is 5.54 Å². The second-order valence-corrected chi connectivity index (χ2v) is 2.33. The molecule has 62 valence electrons. The fourth-order valence-electron chi connectivity index (χ4n) is 0.800. The van der Waals surface area contributed by atoms with Crippen molar-refractivity contribution in [3.8, 4) is 0 Å². The molecule has 0 heterocycles. The van der Waals surface area contributed by atoms with E-state index >= 15 is 0 Å². The SMILES string of the molecule is CNC1(C(F)(F)F)CC1.Cl. The fourth-order valence-corrected chi connectivity index (χ4v) is 0.800. The van der Waals surface area contributed by atoms with Crippen molar-refractivity contribution in [3.05, 3.63) is 0 Å². The molecule has 0 unspecified atom stereocenters. The summed E-state index contributed by atoms with van der Waals surface area (Å²) in [5.74, 6) is 0. The fraction of sp³-hybridized carbons (Fsp3) is 1.00. The van der Waals surface area contributed by atoms with Crippen LogP contribution in [0.4, 0.5) is 13.2 Å². The first-order valence-electron chi connectivity index (χ1n) is 2.77. The third-order valence-corrected chi connectivity index (χ3v) is 1.77. The van der Waals surface area contributed by atoms with Crippen LogP contribution < -0.4 is 5.32 Å². The van der Waals surface area contributed by atoms with Crippen LogP contribution in [0.3, 0.4) is 0 Å². The van der Waals surface area contributed by atoms with Crippen molar-refractivity contribution in [1.82, 2.24) is 5.32 Å². The van der Waals surface area contributed by atoms with Crippen LogP contribution in [0, 0.1) is 0 Å². The number of rotatable bonds is 1. The van der Waals surface area contributed by atoms with Crippen LogP contribution in [-0.2, 0) is 0 Å². The summed E-state index contributed by atoms with van der Waals surface area (Å²) >= 11 is 0. The largest absolute Gasteiger partial charge is 0.406 e. The molecule has 1 fully saturated rings. The average molecular weight is 176 g/mol. The Balaban J connectivity index is 0.000000810. The molecule has 1 aliphatic rings. The predicted octanol–water partition coefficient (Wildman–Crippen LogP) is 1.72. The summed E-state index contributed by atoms with van der Waals surface area (Å²) < 4.78 is 35.5. The van der Waals surface area contributed by atoms with Crippen molar-refractivity contribution < 1.29 is 13.2 Å². The molecule has 5 heteroatoms. The van der Waals surface area contributed by atoms with Crippen LogP contribution >= 0.6 is 12.4 Å². The molecule has 1 N–H and O–H groups in total. The minimum Gasteiger partial charge on any atom is -0.307 e. The van der Waals surface area contributed by atoms with E-state index in [2.05, 4.69) is 5.32 Å². The molecule has 0 bridgehead atoms. The monoisotopic (exact) mass is 175 g/mol. The molecule has 1 saturated carbocycles. The molecular formula is C5H9ClF3N. The minimum atomic E-state index is -4.05. The van der Waals surface area contributed by atoms with E-state index < -0.39 is 11.7 Å². The maximum absolute atomic E-state index is 11.8. The summed E-state index contributed by atoms with van der Waals surface area (Å²) in [5.41, 5.74) is -1.52. The van der Waals surface area contributed by atoms with Gasteiger partial charge in [-0.15, -0.1) is 12.4 Å². The first kappa shape index (κ1) is 10.0. The molecule has 10 heavy (non-hydrogen) atoms. The highest BCUT2D eigenvalue weighted by Gasteiger charge is 2.62. The van der Waals surface area contributed by atoms with Gasteiger partial charge in [-0.25, -0.2) is 0 Å². The standard InChI is InChI=1S/C5H8F3N.ClH/c1-9-4(2-3-4)5(6,7)8;/h9H,2-3H2,1H3;1H. The van der Waals surface area contributed by atoms with E-state index in [-0.39, 0.29) is 25.2 Å². The molecule has 1 rings (SSSR count). The molecule has 0 atom stereocenters. The molecule has 0 aliphatic heterocycles. The highest BCUT2D eigenvalue weighted by Crippen LogP contribution is 2.48. The highest BCUT2D eigenvalue weighted by atomic mass is 35.5. The Morgan fingerprint density at radius 2 is 1.70 bits per heavy atom. The Morgan fingerprint density at radius 3 is 1.70 bits per heavy atom. The van der Waals surface area contributed by atoms with E-state index in [0.717, 1.165) is 0 Å². The molecule has 0 radical (unpaired) electrons. The van der Waals surface area contributed by atoms with Gasteiger partial charge in [0.15, 0.2) is 0 Å². The number of nitrogens with one attached hydrogen (secondary N) is 1. The normalized spacial score (nSPS) is 21.6. The summed E-state index contributed by atoms with van der Waals surface area (Å²) in [6, 6.07) is 0. The van der Waals surface area contributed by atoms with Crippen molar-refractivity contribution in [1.29, 1.82) is 0 Å². The van der Waals surface area contributed by atoms with Crippen LogP contribution in [0.15, 0.2) is 0 Å². The zero-order valence-corrected chi connectivity index (χ0v) is 6.27. The average Bonchev–Trinajstić information content (AvgIpc) is 2.40. The second-order valence-electron chi connectivity index (χ2n) is 2.33. The second kappa shape index (κ2) is 2.58. The van der Waals surface area contributed by atoms with Crippen LogP contribution in [0.1, 0.15) is 12.8 Å². The van der Waals surface area contributed by atoms with Gasteiger partial charge in [0.2, 0.25) is 0 Å². The van der Waals surface area contributed by atoms with Gasteiger partial charge in [0.05, 0.1) is 0 Å². The van der Waals surface area contributed by atoms with Crippen LogP contribution in [0.5, 0.6) is 0 Å². The Kier molecular flexibility index (Phi) is 2.59. The molecule has 1 nitrogen and oxygen atoms in total. The van der Waals surface area contributed by atoms with Gasteiger partial charge in [-0.1, -0.05) is 0 Å². The predicted molar refractivity (Wildman–Crippen MR) is 34.3 cm³/mol. The molecular weight excluding hydrogens is 167 g/mol. The van der Waals surface area contributed by atoms with E-state index in [1.165, 1.54) is 7.05 Å². The number of alkyl halides is 3. The maximum atomic E-state index is 11.8. The van der Waals surface area contributed by atoms with Gasteiger partial charge < -0.3 is 5.32 Å². The highest BCUT2D eigenvalue weighted by molar-refractivity contribution is 5.85. The number of halogens is 4. The van der Waals surface area contributed by atoms with Gasteiger partial charge >= 0.3 is 6.18 Å². The Labute approximate surface area is 63.4 Å². The molecule has 0 aromatic rings. The molecule has 0 spiro atoms. The van der Waals surface area contributed by atoms with E-state index in [4.69, 9.17) is 0 Å². The molecule has 0 aromatic heterocycles. The first-order chi connectivity index (χ1) is 4.02. The number of hydrogen-bond donors (Lipinski definition) is 1. The number of hydrogen-bond acceptors (Lipinski definition) is 1. The Morgan fingerprint density at radius 1 is 1.30 bits per heavy atom. The topological polar surface area (TPSA) is 12.0 Å². The zero-order chi connectivity index (χ0) is 7.12. The van der Waals surface area contributed by atoms with Crippen molar-refractivity contribution in [2.75, 3.05) is 7.05 Å². The smallest absolute Gasteiger partial charge is 0.307 e. The quantitative estimate of drug-likeness (QED) is 0.640. The van der Waals surface area contributed by atoms with Crippen molar-refractivity contribution in [2.45, 2.75) is 24.6 Å². The molecule has 0 aromatic carbocycles. The summed E-state index contributed by atoms with van der Waals surface area (Å²) in [7, 11) is 1.35. The maximum Gasteiger partial charge on any atom is 0.406 e. The van der Waals surface area contributed by atoms with E-state index in [1.54, 1.807) is 0 Å². The van der Waals surface area contributed by atoms with Crippen LogP contribution in [0.2, 0.25) is 0 Å². The molecule has 0 amide bonds. The van der Waals surface area contributed by atoms with Crippen molar-refractivity contribution in [2.24, 2.45) is 0 Å². The summed E-state index contributed by atoms with van der Waals surface area (Å²) in [6.45, 7) is 0. The van der Waals surface area contributed by atoms with Crippen molar-refractivity contribution >= 4 is 12.4 Å². The Hall–Kier alpha value is 0.0400. The van der Waals surface area contributed by atoms with Crippen molar-refractivity contribution in [3.63, 3.8) is 0 Å². The lowest BCUT2D eigenvalue weighted by Crippen LogP contribution is -2.42. The third kappa shape index (κ3) is 1.37. The van der Waals surface area contributed by atoms with Gasteiger partial charge in [0.25, 0.3) is 0 Å². The summed E-state index contributed by atoms with van der Waals surface area (Å²) in [4.78, 5) is 0. The lowest BCUT2D eigenvalue weighted by Gasteiger charge is -2.17. The first-order valence-corrected chi connectivity index (χ1v) is 2.77. The zero-order valence-electron chi connectivity index (χ0n) is 5.46. The lowest BCUT2D eigenvalue weighted by atomic mass is 10.3. The van der Waals surface area contributed by atoms with Gasteiger partial charge in [-0.3, -0.25) is 0 Å². The minimum absolute atomic E-state index is 0. The van der Waals surface area contributed by atoms with Gasteiger partial charge in [0, 0.05) is 0 Å². The van der Waals surface area contributed by atoms with Gasteiger partial charge in [-0.05, 0) is 19.9 Å². The third-order valence-electron chi connectivity index (χ3n) is 1.77. The molecule has 0 saturated heterocycles.